The van der Waals surface area contributed by atoms with Gasteiger partial charge in [-0.05, 0) is 98.4 Å². The van der Waals surface area contributed by atoms with E-state index in [9.17, 15) is 14.7 Å². The number of carbonyl (C=O) groups excluding carboxylic acids is 1. The lowest BCUT2D eigenvalue weighted by atomic mass is 9.43. The lowest BCUT2D eigenvalue weighted by molar-refractivity contribution is -0.104. The molecular weight excluding hydrogens is 440 g/mol. The van der Waals surface area contributed by atoms with Crippen molar-refractivity contribution < 1.29 is 9.90 Å². The number of fused-ring (bicyclic) bond motifs is 1. The Morgan fingerprint density at radius 3 is 2.86 bits per heavy atom. The minimum Gasteiger partial charge on any atom is -0.508 e. The molecule has 1 saturated heterocycles. The SMILES string of the molecule is CN(C(=O)c1ncc[nH]c1=O)C1CCC23CCC1C21CCN(CC2CC2)C3Cc2ccc(O)cc21. The fraction of sp³-hybridized carbons (Fsp3) is 0.607. The van der Waals surface area contributed by atoms with Crippen molar-refractivity contribution in [1.29, 1.82) is 0 Å². The molecule has 1 aromatic heterocycles. The Bertz CT molecular complexity index is 1250. The van der Waals surface area contributed by atoms with Crippen molar-refractivity contribution in [3.63, 3.8) is 0 Å². The van der Waals surface area contributed by atoms with Crippen molar-refractivity contribution in [2.45, 2.75) is 68.9 Å². The number of aromatic amines is 1. The number of amides is 1. The molecular formula is C28H34N4O3. The van der Waals surface area contributed by atoms with Gasteiger partial charge in [0.25, 0.3) is 11.5 Å². The van der Waals surface area contributed by atoms with E-state index < -0.39 is 5.56 Å². The summed E-state index contributed by atoms with van der Waals surface area (Å²) in [5.74, 6) is 1.24. The van der Waals surface area contributed by atoms with Gasteiger partial charge >= 0.3 is 0 Å². The largest absolute Gasteiger partial charge is 0.508 e. The van der Waals surface area contributed by atoms with Gasteiger partial charge in [-0.1, -0.05) is 6.07 Å². The van der Waals surface area contributed by atoms with Gasteiger partial charge in [0, 0.05) is 43.5 Å². The molecule has 1 amide bonds. The van der Waals surface area contributed by atoms with Crippen LogP contribution >= 0.6 is 0 Å². The average Bonchev–Trinajstić information content (AvgIpc) is 3.64. The number of hydrogen-bond acceptors (Lipinski definition) is 5. The molecule has 2 heterocycles. The molecule has 7 heteroatoms. The minimum absolute atomic E-state index is 0.0267. The molecule has 184 valence electrons. The molecule has 4 aliphatic carbocycles. The predicted octanol–water partition coefficient (Wildman–Crippen LogP) is 3.08. The fourth-order valence-electron chi connectivity index (χ4n) is 9.05. The van der Waals surface area contributed by atoms with Crippen LogP contribution in [0.5, 0.6) is 5.75 Å². The number of benzene rings is 1. The van der Waals surface area contributed by atoms with Crippen molar-refractivity contribution in [2.75, 3.05) is 20.1 Å². The molecule has 35 heavy (non-hydrogen) atoms. The maximum Gasteiger partial charge on any atom is 0.279 e. The number of aromatic nitrogens is 2. The van der Waals surface area contributed by atoms with E-state index in [-0.39, 0.29) is 28.5 Å². The topological polar surface area (TPSA) is 89.5 Å². The molecule has 5 aliphatic rings. The maximum absolute atomic E-state index is 13.4. The summed E-state index contributed by atoms with van der Waals surface area (Å²) < 4.78 is 0. The van der Waals surface area contributed by atoms with Crippen molar-refractivity contribution >= 4 is 5.91 Å². The standard InChI is InChI=1S/C28H34N4O3/c1-31(26(35)24-25(34)30-12-11-29-24)22-7-9-27-8-6-20(22)28(27)10-13-32(16-17-2-3-17)23(27)14-18-4-5-19(33)15-21(18)28/h4-5,11-12,15,17,20,22-23,33H,2-3,6-10,13-14,16H2,1H3,(H,30,34). The van der Waals surface area contributed by atoms with E-state index in [0.29, 0.717) is 17.7 Å². The zero-order chi connectivity index (χ0) is 23.9. The van der Waals surface area contributed by atoms with Gasteiger partial charge in [0.2, 0.25) is 0 Å². The number of nitrogens with zero attached hydrogens (tertiary/aromatic N) is 3. The summed E-state index contributed by atoms with van der Waals surface area (Å²) in [5, 5.41) is 10.6. The highest BCUT2D eigenvalue weighted by Crippen LogP contribution is 2.72. The van der Waals surface area contributed by atoms with Gasteiger partial charge in [0.1, 0.15) is 5.75 Å². The van der Waals surface area contributed by atoms with Gasteiger partial charge in [0.05, 0.1) is 0 Å². The molecule has 5 atom stereocenters. The molecule has 0 spiro atoms. The number of nitrogens with one attached hydrogen (secondary N) is 1. The van der Waals surface area contributed by atoms with Crippen molar-refractivity contribution in [3.8, 4) is 5.75 Å². The van der Waals surface area contributed by atoms with Gasteiger partial charge in [-0.3, -0.25) is 14.5 Å². The number of likely N-dealkylation sites (tertiary alicyclic amines) is 1. The van der Waals surface area contributed by atoms with Crippen LogP contribution in [-0.2, 0) is 11.8 Å². The predicted molar refractivity (Wildman–Crippen MR) is 131 cm³/mol. The van der Waals surface area contributed by atoms with E-state index >= 15 is 0 Å². The minimum atomic E-state index is -0.430. The second kappa shape index (κ2) is 7.42. The maximum atomic E-state index is 13.4. The van der Waals surface area contributed by atoms with Crippen LogP contribution in [0.3, 0.4) is 0 Å². The Morgan fingerprint density at radius 1 is 1.23 bits per heavy atom. The van der Waals surface area contributed by atoms with Crippen LogP contribution in [0.25, 0.3) is 0 Å². The summed E-state index contributed by atoms with van der Waals surface area (Å²) >= 11 is 0. The third-order valence-electron chi connectivity index (χ3n) is 10.6. The van der Waals surface area contributed by atoms with Crippen LogP contribution in [0, 0.1) is 17.3 Å². The summed E-state index contributed by atoms with van der Waals surface area (Å²) in [4.78, 5) is 37.1. The lowest BCUT2D eigenvalue weighted by Crippen LogP contribution is -2.70. The molecule has 3 saturated carbocycles. The molecule has 0 radical (unpaired) electrons. The first-order valence-electron chi connectivity index (χ1n) is 13.3. The highest BCUT2D eigenvalue weighted by atomic mass is 16.3. The van der Waals surface area contributed by atoms with E-state index in [0.717, 1.165) is 44.6 Å². The number of H-pyrrole nitrogens is 1. The number of piperidine rings is 1. The van der Waals surface area contributed by atoms with Crippen molar-refractivity contribution in [1.82, 2.24) is 19.8 Å². The van der Waals surface area contributed by atoms with Crippen molar-refractivity contribution in [3.05, 3.63) is 57.8 Å². The molecule has 2 aromatic rings. The Morgan fingerprint density at radius 2 is 2.06 bits per heavy atom. The lowest BCUT2D eigenvalue weighted by Gasteiger charge is -2.67. The summed E-state index contributed by atoms with van der Waals surface area (Å²) in [7, 11) is 1.86. The molecule has 4 bridgehead atoms. The summed E-state index contributed by atoms with van der Waals surface area (Å²) in [6, 6.07) is 6.64. The van der Waals surface area contributed by atoms with Crippen molar-refractivity contribution in [2.24, 2.45) is 17.3 Å². The van der Waals surface area contributed by atoms with Gasteiger partial charge in [-0.15, -0.1) is 0 Å². The van der Waals surface area contributed by atoms with Gasteiger partial charge in [-0.25, -0.2) is 4.98 Å². The average molecular weight is 475 g/mol. The monoisotopic (exact) mass is 474 g/mol. The van der Waals surface area contributed by atoms with Gasteiger partial charge < -0.3 is 15.0 Å². The Labute approximate surface area is 205 Å². The quantitative estimate of drug-likeness (QED) is 0.711. The molecule has 7 nitrogen and oxygen atoms in total. The molecule has 4 fully saturated rings. The molecule has 1 aromatic carbocycles. The van der Waals surface area contributed by atoms with E-state index in [1.54, 1.807) is 0 Å². The Balaban J connectivity index is 1.32. The van der Waals surface area contributed by atoms with E-state index in [2.05, 4.69) is 20.9 Å². The first-order valence-corrected chi connectivity index (χ1v) is 13.3. The number of carbonyl (C=O) groups is 1. The molecule has 5 unspecified atom stereocenters. The molecule has 7 rings (SSSR count). The Hall–Kier alpha value is -2.67. The number of phenolic OH excluding ortho intramolecular Hbond substituents is 1. The van der Waals surface area contributed by atoms with Crippen LogP contribution in [0.2, 0.25) is 0 Å². The third kappa shape index (κ3) is 2.85. The fourth-order valence-corrected chi connectivity index (χ4v) is 9.05. The van der Waals surface area contributed by atoms with E-state index in [1.807, 2.05) is 24.1 Å². The van der Waals surface area contributed by atoms with E-state index in [4.69, 9.17) is 0 Å². The smallest absolute Gasteiger partial charge is 0.279 e. The zero-order valence-electron chi connectivity index (χ0n) is 20.4. The second-order valence-corrected chi connectivity index (χ2v) is 11.8. The molecule has 2 N–H and O–H groups in total. The van der Waals surface area contributed by atoms with Crippen LogP contribution in [-0.4, -0.2) is 63.0 Å². The first-order chi connectivity index (χ1) is 16.9. The van der Waals surface area contributed by atoms with Gasteiger partial charge in [-0.2, -0.15) is 0 Å². The number of phenols is 1. The molecule has 1 aliphatic heterocycles. The highest BCUT2D eigenvalue weighted by Gasteiger charge is 2.71. The van der Waals surface area contributed by atoms with Crippen LogP contribution in [0.1, 0.15) is 66.6 Å². The number of hydrogen-bond donors (Lipinski definition) is 2. The summed E-state index contributed by atoms with van der Waals surface area (Å²) in [6.07, 6.45) is 12.2. The highest BCUT2D eigenvalue weighted by molar-refractivity contribution is 5.92. The van der Waals surface area contributed by atoms with Crippen LogP contribution in [0.15, 0.2) is 35.4 Å². The van der Waals surface area contributed by atoms with Crippen LogP contribution in [0.4, 0.5) is 0 Å². The summed E-state index contributed by atoms with van der Waals surface area (Å²) in [6.45, 7) is 2.32. The number of rotatable bonds is 4. The first kappa shape index (κ1) is 21.6. The number of aromatic hydroxyl groups is 1. The normalized spacial score (nSPS) is 35.3. The Kier molecular flexibility index (Phi) is 4.58. The third-order valence-corrected chi connectivity index (χ3v) is 10.6. The zero-order valence-corrected chi connectivity index (χ0v) is 20.4. The van der Waals surface area contributed by atoms with Gasteiger partial charge in [0.15, 0.2) is 5.69 Å². The second-order valence-electron chi connectivity index (χ2n) is 11.8. The van der Waals surface area contributed by atoms with E-state index in [1.165, 1.54) is 49.3 Å². The van der Waals surface area contributed by atoms with Crippen LogP contribution < -0.4 is 5.56 Å². The summed E-state index contributed by atoms with van der Waals surface area (Å²) in [5.41, 5.74) is 2.43.